The second-order valence-electron chi connectivity index (χ2n) is 4.28. The number of esters is 1. The number of hydrogen-bond donors (Lipinski definition) is 1. The minimum atomic E-state index is -3.72. The van der Waals surface area contributed by atoms with E-state index in [0.29, 0.717) is 5.52 Å². The summed E-state index contributed by atoms with van der Waals surface area (Å²) >= 11 is 0. The van der Waals surface area contributed by atoms with E-state index in [1.165, 1.54) is 6.07 Å². The molecule has 0 amide bonds. The molecule has 0 atom stereocenters. The number of sulfonamides is 1. The van der Waals surface area contributed by atoms with Crippen molar-refractivity contribution in [2.24, 2.45) is 0 Å². The van der Waals surface area contributed by atoms with Crippen LogP contribution in [0.25, 0.3) is 10.9 Å². The molecule has 1 aromatic heterocycles. The van der Waals surface area contributed by atoms with Crippen molar-refractivity contribution in [1.29, 1.82) is 0 Å². The summed E-state index contributed by atoms with van der Waals surface area (Å²) in [6.07, 6.45) is 1.53. The number of pyridine rings is 1. The predicted octanol–water partition coefficient (Wildman–Crippen LogP) is 1.47. The van der Waals surface area contributed by atoms with Gasteiger partial charge in [0.1, 0.15) is 4.90 Å². The molecule has 0 saturated carbocycles. The van der Waals surface area contributed by atoms with Gasteiger partial charge < -0.3 is 4.74 Å². The molecule has 0 aliphatic rings. The summed E-state index contributed by atoms with van der Waals surface area (Å²) in [5, 5.41) is 0.741. The molecule has 0 unspecified atom stereocenters. The minimum absolute atomic E-state index is 0.00867. The second kappa shape index (κ2) is 6.64. The van der Waals surface area contributed by atoms with Gasteiger partial charge in [0.2, 0.25) is 10.0 Å². The van der Waals surface area contributed by atoms with Crippen LogP contribution in [-0.4, -0.2) is 32.5 Å². The van der Waals surface area contributed by atoms with Crippen LogP contribution in [0.3, 0.4) is 0 Å². The van der Waals surface area contributed by atoms with Gasteiger partial charge in [0.15, 0.2) is 0 Å². The van der Waals surface area contributed by atoms with Crippen molar-refractivity contribution in [3.8, 4) is 0 Å². The molecular formula is C14H16N2O4S. The third-order valence-corrected chi connectivity index (χ3v) is 4.30. The van der Waals surface area contributed by atoms with Gasteiger partial charge in [0.25, 0.3) is 0 Å². The third kappa shape index (κ3) is 3.77. The molecule has 0 aliphatic heterocycles. The van der Waals surface area contributed by atoms with Crippen molar-refractivity contribution >= 4 is 26.9 Å². The molecular weight excluding hydrogens is 292 g/mol. The average Bonchev–Trinajstić information content (AvgIpc) is 2.46. The maximum Gasteiger partial charge on any atom is 0.307 e. The van der Waals surface area contributed by atoms with Crippen LogP contribution in [-0.2, 0) is 19.6 Å². The van der Waals surface area contributed by atoms with Crippen molar-refractivity contribution in [3.05, 3.63) is 36.5 Å². The Kier molecular flexibility index (Phi) is 4.87. The Balaban J connectivity index is 2.17. The molecule has 0 aliphatic carbocycles. The van der Waals surface area contributed by atoms with Crippen molar-refractivity contribution < 1.29 is 17.9 Å². The summed E-state index contributed by atoms with van der Waals surface area (Å²) in [6, 6.07) is 8.47. The molecule has 1 N–H and O–H groups in total. The number of aromatic nitrogens is 1. The zero-order chi connectivity index (χ0) is 15.3. The lowest BCUT2D eigenvalue weighted by molar-refractivity contribution is -0.142. The summed E-state index contributed by atoms with van der Waals surface area (Å²) in [6.45, 7) is 1.97. The van der Waals surface area contributed by atoms with Gasteiger partial charge in [-0.2, -0.15) is 0 Å². The lowest BCUT2D eigenvalue weighted by atomic mass is 10.2. The van der Waals surface area contributed by atoms with Crippen LogP contribution in [0.2, 0.25) is 0 Å². The summed E-state index contributed by atoms with van der Waals surface area (Å²) < 4.78 is 31.7. The maximum absolute atomic E-state index is 12.3. The zero-order valence-corrected chi connectivity index (χ0v) is 12.4. The van der Waals surface area contributed by atoms with E-state index in [0.717, 1.165) is 5.39 Å². The van der Waals surface area contributed by atoms with Crippen LogP contribution >= 0.6 is 0 Å². The van der Waals surface area contributed by atoms with E-state index in [1.54, 1.807) is 37.4 Å². The highest BCUT2D eigenvalue weighted by molar-refractivity contribution is 7.89. The van der Waals surface area contributed by atoms with Crippen LogP contribution in [0.5, 0.6) is 0 Å². The molecule has 21 heavy (non-hydrogen) atoms. The normalized spacial score (nSPS) is 11.5. The van der Waals surface area contributed by atoms with Crippen LogP contribution in [0.1, 0.15) is 13.3 Å². The number of carbonyl (C=O) groups excluding carboxylic acids is 1. The van der Waals surface area contributed by atoms with E-state index >= 15 is 0 Å². The van der Waals surface area contributed by atoms with Crippen molar-refractivity contribution in [2.45, 2.75) is 18.2 Å². The summed E-state index contributed by atoms with van der Waals surface area (Å²) in [5.41, 5.74) is 0.406. The third-order valence-electron chi connectivity index (χ3n) is 2.81. The number of benzene rings is 1. The molecule has 0 bridgehead atoms. The molecule has 0 saturated heterocycles. The predicted molar refractivity (Wildman–Crippen MR) is 78.2 cm³/mol. The Morgan fingerprint density at radius 1 is 1.29 bits per heavy atom. The Morgan fingerprint density at radius 2 is 2.05 bits per heavy atom. The molecule has 7 heteroatoms. The number of nitrogens with one attached hydrogen (secondary N) is 1. The van der Waals surface area contributed by atoms with E-state index in [4.69, 9.17) is 4.74 Å². The quantitative estimate of drug-likeness (QED) is 0.817. The van der Waals surface area contributed by atoms with Crippen LogP contribution < -0.4 is 4.72 Å². The number of nitrogens with zero attached hydrogens (tertiary/aromatic N) is 1. The summed E-state index contributed by atoms with van der Waals surface area (Å²) in [4.78, 5) is 15.4. The molecule has 1 heterocycles. The zero-order valence-electron chi connectivity index (χ0n) is 11.6. The molecule has 2 rings (SSSR count). The first kappa shape index (κ1) is 15.4. The Labute approximate surface area is 123 Å². The van der Waals surface area contributed by atoms with E-state index in [1.807, 2.05) is 0 Å². The minimum Gasteiger partial charge on any atom is -0.466 e. The second-order valence-corrected chi connectivity index (χ2v) is 6.02. The van der Waals surface area contributed by atoms with Gasteiger partial charge in [-0.1, -0.05) is 18.2 Å². The smallest absolute Gasteiger partial charge is 0.307 e. The standard InChI is InChI=1S/C14H16N2O4S/c1-2-20-13(17)8-10-16-21(18,19)12-7-3-5-11-6-4-9-15-14(11)12/h3-7,9,16H,2,8,10H2,1H3. The van der Waals surface area contributed by atoms with Gasteiger partial charge in [-0.15, -0.1) is 0 Å². The fourth-order valence-electron chi connectivity index (χ4n) is 1.89. The highest BCUT2D eigenvalue weighted by Gasteiger charge is 2.18. The van der Waals surface area contributed by atoms with Gasteiger partial charge in [-0.25, -0.2) is 13.1 Å². The fourth-order valence-corrected chi connectivity index (χ4v) is 3.10. The van der Waals surface area contributed by atoms with E-state index in [-0.39, 0.29) is 24.5 Å². The van der Waals surface area contributed by atoms with E-state index in [2.05, 4.69) is 9.71 Å². The number of carbonyl (C=O) groups is 1. The van der Waals surface area contributed by atoms with Crippen LogP contribution in [0, 0.1) is 0 Å². The summed E-state index contributed by atoms with van der Waals surface area (Å²) in [7, 11) is -3.72. The number of ether oxygens (including phenoxy) is 1. The van der Waals surface area contributed by atoms with Crippen molar-refractivity contribution in [1.82, 2.24) is 9.71 Å². The first-order valence-corrected chi connectivity index (χ1v) is 8.02. The lowest BCUT2D eigenvalue weighted by Gasteiger charge is -2.08. The van der Waals surface area contributed by atoms with Gasteiger partial charge in [0.05, 0.1) is 18.5 Å². The van der Waals surface area contributed by atoms with Crippen molar-refractivity contribution in [2.75, 3.05) is 13.2 Å². The Bertz CT molecular complexity index is 738. The maximum atomic E-state index is 12.3. The molecule has 0 fully saturated rings. The van der Waals surface area contributed by atoms with Gasteiger partial charge >= 0.3 is 5.97 Å². The lowest BCUT2D eigenvalue weighted by Crippen LogP contribution is -2.27. The van der Waals surface area contributed by atoms with Gasteiger partial charge in [-0.3, -0.25) is 9.78 Å². The average molecular weight is 308 g/mol. The van der Waals surface area contributed by atoms with E-state index in [9.17, 15) is 13.2 Å². The van der Waals surface area contributed by atoms with E-state index < -0.39 is 16.0 Å². The van der Waals surface area contributed by atoms with Crippen LogP contribution in [0.15, 0.2) is 41.4 Å². The number of para-hydroxylation sites is 1. The highest BCUT2D eigenvalue weighted by Crippen LogP contribution is 2.20. The first-order chi connectivity index (χ1) is 10.0. The highest BCUT2D eigenvalue weighted by atomic mass is 32.2. The Morgan fingerprint density at radius 3 is 2.81 bits per heavy atom. The molecule has 2 aromatic rings. The van der Waals surface area contributed by atoms with Crippen LogP contribution in [0.4, 0.5) is 0 Å². The molecule has 0 spiro atoms. The van der Waals surface area contributed by atoms with Gasteiger partial charge in [0, 0.05) is 18.1 Å². The fraction of sp³-hybridized carbons (Fsp3) is 0.286. The molecule has 112 valence electrons. The molecule has 0 radical (unpaired) electrons. The molecule has 6 nitrogen and oxygen atoms in total. The van der Waals surface area contributed by atoms with Gasteiger partial charge in [-0.05, 0) is 19.1 Å². The molecule has 1 aromatic carbocycles. The first-order valence-electron chi connectivity index (χ1n) is 6.53. The number of rotatable bonds is 6. The monoisotopic (exact) mass is 308 g/mol. The largest absolute Gasteiger partial charge is 0.466 e. The number of fused-ring (bicyclic) bond motifs is 1. The number of hydrogen-bond acceptors (Lipinski definition) is 5. The SMILES string of the molecule is CCOC(=O)CCNS(=O)(=O)c1cccc2cccnc12. The van der Waals surface area contributed by atoms with Crippen molar-refractivity contribution in [3.63, 3.8) is 0 Å². The Hall–Kier alpha value is -1.99. The summed E-state index contributed by atoms with van der Waals surface area (Å²) in [5.74, 6) is -0.434. The topological polar surface area (TPSA) is 85.4 Å².